The number of amides is 1. The lowest BCUT2D eigenvalue weighted by molar-refractivity contribution is -0.134. The van der Waals surface area contributed by atoms with Gasteiger partial charge in [0, 0.05) is 13.1 Å². The third kappa shape index (κ3) is 2.91. The lowest BCUT2D eigenvalue weighted by atomic mass is 10.0. The maximum atomic E-state index is 12.0. The van der Waals surface area contributed by atoms with Crippen molar-refractivity contribution in [2.75, 3.05) is 7.05 Å². The minimum atomic E-state index is -0.286. The van der Waals surface area contributed by atoms with Crippen LogP contribution in [-0.4, -0.2) is 28.9 Å². The zero-order valence-electron chi connectivity index (χ0n) is 9.69. The standard InChI is InChI=1S/C11H20N2OS/c1-4-9(10(12)15)11(14)13(3)7(2)8-5-6-8/h7-9H,4-6H2,1-3H3,(H2,12,15). The predicted molar refractivity (Wildman–Crippen MR) is 65.5 cm³/mol. The van der Waals surface area contributed by atoms with Gasteiger partial charge in [0.05, 0.1) is 10.9 Å². The van der Waals surface area contributed by atoms with E-state index in [0.29, 0.717) is 23.4 Å². The molecule has 2 atom stereocenters. The molecule has 2 N–H and O–H groups in total. The van der Waals surface area contributed by atoms with Gasteiger partial charge in [-0.3, -0.25) is 4.79 Å². The van der Waals surface area contributed by atoms with Crippen LogP contribution in [-0.2, 0) is 4.79 Å². The second-order valence-electron chi connectivity index (χ2n) is 4.39. The molecule has 0 aromatic carbocycles. The van der Waals surface area contributed by atoms with Crippen LogP contribution in [0.4, 0.5) is 0 Å². The van der Waals surface area contributed by atoms with Gasteiger partial charge >= 0.3 is 0 Å². The van der Waals surface area contributed by atoms with Crippen LogP contribution in [0.3, 0.4) is 0 Å². The number of carbonyl (C=O) groups excluding carboxylic acids is 1. The molecule has 1 aliphatic rings. The average Bonchev–Trinajstić information content (AvgIpc) is 2.99. The van der Waals surface area contributed by atoms with E-state index in [2.05, 4.69) is 6.92 Å². The Balaban J connectivity index is 2.60. The van der Waals surface area contributed by atoms with E-state index in [4.69, 9.17) is 18.0 Å². The third-order valence-electron chi connectivity index (χ3n) is 3.31. The Hall–Kier alpha value is -0.640. The smallest absolute Gasteiger partial charge is 0.232 e. The molecule has 0 saturated heterocycles. The number of nitrogens with two attached hydrogens (primary N) is 1. The van der Waals surface area contributed by atoms with E-state index in [1.165, 1.54) is 12.8 Å². The molecule has 1 rings (SSSR count). The fraction of sp³-hybridized carbons (Fsp3) is 0.818. The zero-order valence-corrected chi connectivity index (χ0v) is 10.5. The highest BCUT2D eigenvalue weighted by molar-refractivity contribution is 7.80. The highest BCUT2D eigenvalue weighted by Crippen LogP contribution is 2.35. The topological polar surface area (TPSA) is 46.3 Å². The van der Waals surface area contributed by atoms with Crippen LogP contribution < -0.4 is 5.73 Å². The molecule has 0 bridgehead atoms. The van der Waals surface area contributed by atoms with E-state index in [1.807, 2.05) is 18.9 Å². The van der Waals surface area contributed by atoms with Crippen molar-refractivity contribution in [3.63, 3.8) is 0 Å². The summed E-state index contributed by atoms with van der Waals surface area (Å²) < 4.78 is 0. The predicted octanol–water partition coefficient (Wildman–Crippen LogP) is 1.56. The van der Waals surface area contributed by atoms with Crippen molar-refractivity contribution in [3.05, 3.63) is 0 Å². The van der Waals surface area contributed by atoms with Crippen molar-refractivity contribution in [3.8, 4) is 0 Å². The molecule has 0 radical (unpaired) electrons. The highest BCUT2D eigenvalue weighted by atomic mass is 32.1. The molecule has 1 amide bonds. The summed E-state index contributed by atoms with van der Waals surface area (Å²) >= 11 is 4.91. The van der Waals surface area contributed by atoms with Crippen LogP contribution >= 0.6 is 12.2 Å². The van der Waals surface area contributed by atoms with Crippen LogP contribution in [0.25, 0.3) is 0 Å². The second kappa shape index (κ2) is 4.92. The molecule has 0 heterocycles. The van der Waals surface area contributed by atoms with Crippen molar-refractivity contribution in [1.29, 1.82) is 0 Å². The number of thiocarbonyl (C=S) groups is 1. The molecule has 15 heavy (non-hydrogen) atoms. The van der Waals surface area contributed by atoms with Gasteiger partial charge in [0.25, 0.3) is 0 Å². The van der Waals surface area contributed by atoms with E-state index in [0.717, 1.165) is 0 Å². The monoisotopic (exact) mass is 228 g/mol. The molecule has 4 heteroatoms. The SMILES string of the molecule is CCC(C(=O)N(C)C(C)C1CC1)C(N)=S. The summed E-state index contributed by atoms with van der Waals surface area (Å²) in [6.45, 7) is 4.04. The Bertz CT molecular complexity index is 263. The Labute approximate surface area is 97.0 Å². The molecular weight excluding hydrogens is 208 g/mol. The van der Waals surface area contributed by atoms with Crippen molar-refractivity contribution in [1.82, 2.24) is 4.90 Å². The minimum Gasteiger partial charge on any atom is -0.393 e. The fourth-order valence-electron chi connectivity index (χ4n) is 1.84. The maximum Gasteiger partial charge on any atom is 0.232 e. The van der Waals surface area contributed by atoms with Gasteiger partial charge in [-0.1, -0.05) is 19.1 Å². The first kappa shape index (κ1) is 12.4. The van der Waals surface area contributed by atoms with Gasteiger partial charge in [-0.05, 0) is 32.1 Å². The third-order valence-corrected chi connectivity index (χ3v) is 3.60. The van der Waals surface area contributed by atoms with Crippen molar-refractivity contribution >= 4 is 23.1 Å². The first-order chi connectivity index (χ1) is 6.99. The summed E-state index contributed by atoms with van der Waals surface area (Å²) in [6, 6.07) is 0.320. The summed E-state index contributed by atoms with van der Waals surface area (Å²) in [7, 11) is 1.85. The zero-order chi connectivity index (χ0) is 11.6. The first-order valence-corrected chi connectivity index (χ1v) is 5.95. The van der Waals surface area contributed by atoms with Crippen LogP contribution in [0.15, 0.2) is 0 Å². The van der Waals surface area contributed by atoms with Crippen LogP contribution in [0.5, 0.6) is 0 Å². The summed E-state index contributed by atoms with van der Waals surface area (Å²) in [5, 5.41) is 0. The van der Waals surface area contributed by atoms with Crippen LogP contribution in [0, 0.1) is 11.8 Å². The van der Waals surface area contributed by atoms with Gasteiger partial charge in [-0.25, -0.2) is 0 Å². The van der Waals surface area contributed by atoms with Crippen LogP contribution in [0.2, 0.25) is 0 Å². The van der Waals surface area contributed by atoms with Gasteiger partial charge in [-0.15, -0.1) is 0 Å². The Morgan fingerprint density at radius 1 is 1.60 bits per heavy atom. The molecular formula is C11H20N2OS. The average molecular weight is 228 g/mol. The van der Waals surface area contributed by atoms with E-state index in [1.54, 1.807) is 0 Å². The van der Waals surface area contributed by atoms with Crippen molar-refractivity contribution < 1.29 is 4.79 Å². The van der Waals surface area contributed by atoms with Gasteiger partial charge in [0.1, 0.15) is 0 Å². The Kier molecular flexibility index (Phi) is 4.08. The molecule has 0 aliphatic heterocycles. The van der Waals surface area contributed by atoms with E-state index in [9.17, 15) is 4.79 Å². The first-order valence-electron chi connectivity index (χ1n) is 5.55. The second-order valence-corrected chi connectivity index (χ2v) is 4.86. The van der Waals surface area contributed by atoms with E-state index in [-0.39, 0.29) is 11.8 Å². The largest absolute Gasteiger partial charge is 0.393 e. The Morgan fingerprint density at radius 2 is 2.13 bits per heavy atom. The Morgan fingerprint density at radius 3 is 2.47 bits per heavy atom. The molecule has 86 valence electrons. The number of hydrogen-bond donors (Lipinski definition) is 1. The van der Waals surface area contributed by atoms with E-state index >= 15 is 0 Å². The summed E-state index contributed by atoms with van der Waals surface area (Å²) in [5.41, 5.74) is 5.56. The lowest BCUT2D eigenvalue weighted by Crippen LogP contribution is -2.43. The van der Waals surface area contributed by atoms with Gasteiger partial charge in [0.15, 0.2) is 0 Å². The van der Waals surface area contributed by atoms with E-state index < -0.39 is 0 Å². The number of hydrogen-bond acceptors (Lipinski definition) is 2. The van der Waals surface area contributed by atoms with Crippen LogP contribution in [0.1, 0.15) is 33.1 Å². The number of nitrogens with zero attached hydrogens (tertiary/aromatic N) is 1. The van der Waals surface area contributed by atoms with Gasteiger partial charge < -0.3 is 10.6 Å². The minimum absolute atomic E-state index is 0.0735. The highest BCUT2D eigenvalue weighted by Gasteiger charge is 2.34. The maximum absolute atomic E-state index is 12.0. The van der Waals surface area contributed by atoms with Gasteiger partial charge in [-0.2, -0.15) is 0 Å². The lowest BCUT2D eigenvalue weighted by Gasteiger charge is -2.28. The summed E-state index contributed by atoms with van der Waals surface area (Å²) in [6.07, 6.45) is 3.17. The fourth-order valence-corrected chi connectivity index (χ4v) is 2.11. The normalized spacial score (nSPS) is 19.4. The molecule has 0 aromatic heterocycles. The molecule has 1 aliphatic carbocycles. The number of rotatable bonds is 5. The summed E-state index contributed by atoms with van der Waals surface area (Å²) in [5.74, 6) is 0.471. The summed E-state index contributed by atoms with van der Waals surface area (Å²) in [4.78, 5) is 14.2. The molecule has 1 saturated carbocycles. The van der Waals surface area contributed by atoms with Crippen molar-refractivity contribution in [2.45, 2.75) is 39.2 Å². The van der Waals surface area contributed by atoms with Crippen molar-refractivity contribution in [2.24, 2.45) is 17.6 Å². The number of carbonyl (C=O) groups is 1. The van der Waals surface area contributed by atoms with Gasteiger partial charge in [0.2, 0.25) is 5.91 Å². The molecule has 1 fully saturated rings. The molecule has 3 nitrogen and oxygen atoms in total. The molecule has 0 spiro atoms. The molecule has 2 unspecified atom stereocenters. The quantitative estimate of drug-likeness (QED) is 0.726. The molecule has 0 aromatic rings.